The smallest absolute Gasteiger partial charge is 0.405 e. The van der Waals surface area contributed by atoms with Gasteiger partial charge in [-0.15, -0.1) is 25.6 Å². The normalized spacial score (nSPS) is 20.7. The first-order chi connectivity index (χ1) is 10.3. The Hall–Kier alpha value is -1.54. The number of hydrogen-bond donors (Lipinski definition) is 1. The Labute approximate surface area is 137 Å². The molecule has 1 aliphatic rings. The van der Waals surface area contributed by atoms with Crippen LogP contribution >= 0.6 is 12.4 Å². The van der Waals surface area contributed by atoms with Gasteiger partial charge in [-0.25, -0.2) is 4.39 Å². The molecule has 1 N–H and O–H groups in total. The van der Waals surface area contributed by atoms with Gasteiger partial charge in [0, 0.05) is 32.1 Å². The van der Waals surface area contributed by atoms with E-state index < -0.39 is 18.6 Å². The molecule has 1 aromatic rings. The molecule has 1 aliphatic heterocycles. The number of nitrogens with one attached hydrogen (secondary N) is 1. The van der Waals surface area contributed by atoms with E-state index in [0.717, 1.165) is 0 Å². The minimum atomic E-state index is -4.80. The zero-order valence-electron chi connectivity index (χ0n) is 12.3. The Morgan fingerprint density at radius 1 is 1.39 bits per heavy atom. The van der Waals surface area contributed by atoms with Gasteiger partial charge in [0.2, 0.25) is 5.91 Å². The lowest BCUT2D eigenvalue weighted by atomic mass is 10.1. The second kappa shape index (κ2) is 7.83. The highest BCUT2D eigenvalue weighted by Crippen LogP contribution is 2.27. The first kappa shape index (κ1) is 19.5. The molecule has 0 aromatic heterocycles. The molecule has 0 bridgehead atoms. The van der Waals surface area contributed by atoms with Crippen molar-refractivity contribution in [2.24, 2.45) is 0 Å². The summed E-state index contributed by atoms with van der Waals surface area (Å²) in [5, 5.41) is 2.75. The zero-order chi connectivity index (χ0) is 16.3. The molecule has 1 aromatic carbocycles. The lowest BCUT2D eigenvalue weighted by molar-refractivity contribution is -0.275. The molecular formula is C14H17ClF4N2O2. The van der Waals surface area contributed by atoms with Gasteiger partial charge in [0.15, 0.2) is 0 Å². The van der Waals surface area contributed by atoms with Gasteiger partial charge in [-0.05, 0) is 6.07 Å². The summed E-state index contributed by atoms with van der Waals surface area (Å²) in [6, 6.07) is 4.97. The molecule has 2 atom stereocenters. The lowest BCUT2D eigenvalue weighted by Crippen LogP contribution is -2.41. The van der Waals surface area contributed by atoms with Crippen LogP contribution in [0.1, 0.15) is 12.0 Å². The predicted molar refractivity (Wildman–Crippen MR) is 78.2 cm³/mol. The van der Waals surface area contributed by atoms with Gasteiger partial charge >= 0.3 is 6.36 Å². The standard InChI is InChI=1S/C14H16F4N2O2.ClH/c1-20(13(21)11-6-10(15)7-19-11)8-9-4-2-3-5-12(9)22-14(16,17)18;/h2-5,10-11,19H,6-8H2,1H3;1H/t10-,11+;/m0./s1. The number of halogens is 5. The zero-order valence-corrected chi connectivity index (χ0v) is 13.1. The molecule has 1 heterocycles. The summed E-state index contributed by atoms with van der Waals surface area (Å²) in [5.41, 5.74) is 0.227. The Bertz CT molecular complexity index is 542. The number of likely N-dealkylation sites (N-methyl/N-ethyl adjacent to an activating group) is 1. The quantitative estimate of drug-likeness (QED) is 0.843. The molecule has 0 aliphatic carbocycles. The number of ether oxygens (including phenoxy) is 1. The van der Waals surface area contributed by atoms with Gasteiger partial charge in [-0.1, -0.05) is 18.2 Å². The summed E-state index contributed by atoms with van der Waals surface area (Å²) in [7, 11) is 1.46. The summed E-state index contributed by atoms with van der Waals surface area (Å²) in [6.45, 7) is 0.0538. The average molecular weight is 357 g/mol. The predicted octanol–water partition coefficient (Wildman–Crippen LogP) is 2.67. The first-order valence-corrected chi connectivity index (χ1v) is 6.72. The molecule has 4 nitrogen and oxygen atoms in total. The highest BCUT2D eigenvalue weighted by molar-refractivity contribution is 5.85. The summed E-state index contributed by atoms with van der Waals surface area (Å²) < 4.78 is 54.1. The minimum Gasteiger partial charge on any atom is -0.405 e. The van der Waals surface area contributed by atoms with Crippen molar-refractivity contribution in [3.05, 3.63) is 29.8 Å². The van der Waals surface area contributed by atoms with Crippen LogP contribution in [0.25, 0.3) is 0 Å². The van der Waals surface area contributed by atoms with Gasteiger partial charge in [0.05, 0.1) is 6.04 Å². The van der Waals surface area contributed by atoms with Crippen molar-refractivity contribution in [2.75, 3.05) is 13.6 Å². The van der Waals surface area contributed by atoms with Crippen LogP contribution in [0, 0.1) is 0 Å². The topological polar surface area (TPSA) is 41.6 Å². The van der Waals surface area contributed by atoms with Crippen molar-refractivity contribution < 1.29 is 27.1 Å². The molecule has 0 radical (unpaired) electrons. The number of amides is 1. The van der Waals surface area contributed by atoms with E-state index in [1.54, 1.807) is 6.07 Å². The summed E-state index contributed by atoms with van der Waals surface area (Å²) >= 11 is 0. The van der Waals surface area contributed by atoms with Gasteiger partial charge < -0.3 is 15.0 Å². The van der Waals surface area contributed by atoms with Crippen LogP contribution in [-0.2, 0) is 11.3 Å². The fourth-order valence-corrected chi connectivity index (χ4v) is 2.34. The van der Waals surface area contributed by atoms with Crippen molar-refractivity contribution in [1.29, 1.82) is 0 Å². The van der Waals surface area contributed by atoms with Crippen molar-refractivity contribution in [3.8, 4) is 5.75 Å². The van der Waals surface area contributed by atoms with Crippen molar-refractivity contribution in [2.45, 2.75) is 31.5 Å². The number of para-hydroxylation sites is 1. The van der Waals surface area contributed by atoms with Crippen molar-refractivity contribution >= 4 is 18.3 Å². The fourth-order valence-electron chi connectivity index (χ4n) is 2.34. The molecule has 9 heteroatoms. The molecule has 1 saturated heterocycles. The van der Waals surface area contributed by atoms with E-state index in [1.165, 1.54) is 30.1 Å². The number of hydrogen-bond acceptors (Lipinski definition) is 3. The summed E-state index contributed by atoms with van der Waals surface area (Å²) in [6.07, 6.45) is -5.81. The average Bonchev–Trinajstić information content (AvgIpc) is 2.85. The maximum atomic E-state index is 13.1. The molecular weight excluding hydrogens is 340 g/mol. The van der Waals surface area contributed by atoms with Crippen LogP contribution in [0.2, 0.25) is 0 Å². The Morgan fingerprint density at radius 3 is 2.61 bits per heavy atom. The minimum absolute atomic E-state index is 0. The molecule has 1 fully saturated rings. The molecule has 2 rings (SSSR count). The third-order valence-electron chi connectivity index (χ3n) is 3.36. The van der Waals surface area contributed by atoms with Crippen LogP contribution in [-0.4, -0.2) is 43.0 Å². The molecule has 1 amide bonds. The third kappa shape index (κ3) is 5.54. The van der Waals surface area contributed by atoms with Gasteiger partial charge in [-0.2, -0.15) is 0 Å². The Balaban J connectivity index is 0.00000264. The molecule has 0 unspecified atom stereocenters. The van der Waals surface area contributed by atoms with E-state index in [2.05, 4.69) is 10.1 Å². The molecule has 23 heavy (non-hydrogen) atoms. The van der Waals surface area contributed by atoms with E-state index in [-0.39, 0.29) is 49.1 Å². The highest BCUT2D eigenvalue weighted by Gasteiger charge is 2.33. The number of benzene rings is 1. The number of carbonyl (C=O) groups is 1. The highest BCUT2D eigenvalue weighted by atomic mass is 35.5. The summed E-state index contributed by atoms with van der Waals surface area (Å²) in [4.78, 5) is 13.4. The van der Waals surface area contributed by atoms with Crippen LogP contribution in [0.15, 0.2) is 24.3 Å². The summed E-state index contributed by atoms with van der Waals surface area (Å²) in [5.74, 6) is -0.709. The maximum Gasteiger partial charge on any atom is 0.573 e. The Kier molecular flexibility index (Phi) is 6.64. The largest absolute Gasteiger partial charge is 0.573 e. The van der Waals surface area contributed by atoms with Crippen molar-refractivity contribution in [3.63, 3.8) is 0 Å². The first-order valence-electron chi connectivity index (χ1n) is 6.72. The third-order valence-corrected chi connectivity index (χ3v) is 3.36. The van der Waals surface area contributed by atoms with Gasteiger partial charge in [0.25, 0.3) is 0 Å². The van der Waals surface area contributed by atoms with Crippen LogP contribution < -0.4 is 10.1 Å². The second-order valence-electron chi connectivity index (χ2n) is 5.14. The van der Waals surface area contributed by atoms with Gasteiger partial charge in [0.1, 0.15) is 11.9 Å². The number of carbonyl (C=O) groups excluding carboxylic acids is 1. The Morgan fingerprint density at radius 2 is 2.04 bits per heavy atom. The van der Waals surface area contributed by atoms with Crippen LogP contribution in [0.5, 0.6) is 5.75 Å². The lowest BCUT2D eigenvalue weighted by Gasteiger charge is -2.22. The number of alkyl halides is 4. The monoisotopic (exact) mass is 356 g/mol. The second-order valence-corrected chi connectivity index (χ2v) is 5.14. The van der Waals surface area contributed by atoms with Crippen LogP contribution in [0.4, 0.5) is 17.6 Å². The SMILES string of the molecule is CN(Cc1ccccc1OC(F)(F)F)C(=O)[C@H]1C[C@H](F)CN1.Cl. The van der Waals surface area contributed by atoms with E-state index in [0.29, 0.717) is 0 Å². The fraction of sp³-hybridized carbons (Fsp3) is 0.500. The number of rotatable bonds is 4. The van der Waals surface area contributed by atoms with E-state index in [9.17, 15) is 22.4 Å². The molecule has 130 valence electrons. The van der Waals surface area contributed by atoms with Crippen molar-refractivity contribution in [1.82, 2.24) is 10.2 Å². The molecule has 0 saturated carbocycles. The maximum absolute atomic E-state index is 13.1. The van der Waals surface area contributed by atoms with E-state index >= 15 is 0 Å². The van der Waals surface area contributed by atoms with Gasteiger partial charge in [-0.3, -0.25) is 4.79 Å². The molecule has 0 spiro atoms. The van der Waals surface area contributed by atoms with E-state index in [4.69, 9.17) is 0 Å². The number of nitrogens with zero attached hydrogens (tertiary/aromatic N) is 1. The van der Waals surface area contributed by atoms with E-state index in [1.807, 2.05) is 0 Å². The van der Waals surface area contributed by atoms with Crippen LogP contribution in [0.3, 0.4) is 0 Å².